The van der Waals surface area contributed by atoms with E-state index in [4.69, 9.17) is 4.74 Å². The van der Waals surface area contributed by atoms with Crippen LogP contribution in [-0.4, -0.2) is 62.5 Å². The molecule has 0 spiro atoms. The lowest BCUT2D eigenvalue weighted by molar-refractivity contribution is 0.0549. The monoisotopic (exact) mass is 304 g/mol. The van der Waals surface area contributed by atoms with E-state index >= 15 is 0 Å². The van der Waals surface area contributed by atoms with E-state index in [0.717, 1.165) is 23.8 Å². The molecule has 1 fully saturated rings. The summed E-state index contributed by atoms with van der Waals surface area (Å²) in [6, 6.07) is 0. The molecule has 2 atom stereocenters. The zero-order valence-corrected chi connectivity index (χ0v) is 13.0. The number of hydrogen-bond acceptors (Lipinski definition) is 5. The average Bonchev–Trinajstić information content (AvgIpc) is 3.19. The second-order valence-corrected chi connectivity index (χ2v) is 5.68. The van der Waals surface area contributed by atoms with Crippen LogP contribution in [0.4, 0.5) is 0 Å². The molecule has 118 valence electrons. The van der Waals surface area contributed by atoms with E-state index in [9.17, 15) is 4.79 Å². The first-order valence-electron chi connectivity index (χ1n) is 7.32. The minimum atomic E-state index is -0.0867. The third-order valence-electron chi connectivity index (χ3n) is 4.02. The standard InChI is InChI=1S/C14H20N6O2/c1-8-11(6-15-17-8)14(21)20(3)7-12-10(4-5-22-12)13-16-9(2)18-19-13/h6,10,12H,4-5,7H2,1-3H3,(H,15,17)(H,16,18,19)/t10-,12-/m1/s1. The van der Waals surface area contributed by atoms with E-state index in [0.29, 0.717) is 18.7 Å². The Hall–Kier alpha value is -2.22. The minimum Gasteiger partial charge on any atom is -0.376 e. The van der Waals surface area contributed by atoms with Gasteiger partial charge in [0.15, 0.2) is 5.82 Å². The molecule has 8 heteroatoms. The molecule has 0 aromatic carbocycles. The number of H-pyrrole nitrogens is 2. The number of aromatic amines is 2. The Kier molecular flexibility index (Phi) is 3.93. The molecule has 8 nitrogen and oxygen atoms in total. The van der Waals surface area contributed by atoms with Crippen LogP contribution in [0, 0.1) is 13.8 Å². The van der Waals surface area contributed by atoms with Crippen LogP contribution >= 0.6 is 0 Å². The summed E-state index contributed by atoms with van der Waals surface area (Å²) in [4.78, 5) is 18.5. The Bertz CT molecular complexity index is 664. The van der Waals surface area contributed by atoms with Gasteiger partial charge in [-0.1, -0.05) is 0 Å². The summed E-state index contributed by atoms with van der Waals surface area (Å²) >= 11 is 0. The molecule has 1 aliphatic rings. The van der Waals surface area contributed by atoms with Crippen LogP contribution < -0.4 is 0 Å². The molecule has 1 aliphatic heterocycles. The van der Waals surface area contributed by atoms with E-state index in [-0.39, 0.29) is 17.9 Å². The quantitative estimate of drug-likeness (QED) is 0.870. The highest BCUT2D eigenvalue weighted by Gasteiger charge is 2.34. The zero-order valence-electron chi connectivity index (χ0n) is 13.0. The molecular formula is C14H20N6O2. The predicted octanol–water partition coefficient (Wildman–Crippen LogP) is 0.789. The van der Waals surface area contributed by atoms with Crippen molar-refractivity contribution in [2.45, 2.75) is 32.3 Å². The van der Waals surface area contributed by atoms with Gasteiger partial charge in [0.25, 0.3) is 5.91 Å². The normalized spacial score (nSPS) is 21.2. The van der Waals surface area contributed by atoms with E-state index in [2.05, 4.69) is 25.4 Å². The van der Waals surface area contributed by atoms with Crippen LogP contribution in [0.3, 0.4) is 0 Å². The molecule has 0 bridgehead atoms. The molecule has 2 N–H and O–H groups in total. The van der Waals surface area contributed by atoms with Crippen LogP contribution in [0.25, 0.3) is 0 Å². The molecule has 2 aromatic heterocycles. The number of hydrogen-bond donors (Lipinski definition) is 2. The van der Waals surface area contributed by atoms with E-state index in [1.165, 1.54) is 0 Å². The first kappa shape index (κ1) is 14.7. The summed E-state index contributed by atoms with van der Waals surface area (Å²) in [5.41, 5.74) is 1.36. The molecule has 3 rings (SSSR count). The maximum absolute atomic E-state index is 12.4. The van der Waals surface area contributed by atoms with Crippen LogP contribution in [0.2, 0.25) is 0 Å². The summed E-state index contributed by atoms with van der Waals surface area (Å²) in [5, 5.41) is 13.8. The number of ether oxygens (including phenoxy) is 1. The van der Waals surface area contributed by atoms with Crippen molar-refractivity contribution in [2.24, 2.45) is 0 Å². The Balaban J connectivity index is 1.69. The molecule has 1 amide bonds. The molecule has 0 radical (unpaired) electrons. The number of carbonyl (C=O) groups excluding carboxylic acids is 1. The fraction of sp³-hybridized carbons (Fsp3) is 0.571. The number of nitrogens with zero attached hydrogens (tertiary/aromatic N) is 4. The number of aromatic nitrogens is 5. The largest absolute Gasteiger partial charge is 0.376 e. The fourth-order valence-corrected chi connectivity index (χ4v) is 2.77. The van der Waals surface area contributed by atoms with Crippen molar-refractivity contribution in [3.63, 3.8) is 0 Å². The highest BCUT2D eigenvalue weighted by atomic mass is 16.5. The Morgan fingerprint density at radius 2 is 2.27 bits per heavy atom. The van der Waals surface area contributed by atoms with Gasteiger partial charge in [-0.25, -0.2) is 4.98 Å². The third-order valence-corrected chi connectivity index (χ3v) is 4.02. The first-order chi connectivity index (χ1) is 10.6. The van der Waals surface area contributed by atoms with Crippen molar-refractivity contribution in [3.05, 3.63) is 29.1 Å². The van der Waals surface area contributed by atoms with Gasteiger partial charge >= 0.3 is 0 Å². The van der Waals surface area contributed by atoms with Crippen LogP contribution in [-0.2, 0) is 4.74 Å². The van der Waals surface area contributed by atoms with Gasteiger partial charge in [0.05, 0.1) is 23.8 Å². The van der Waals surface area contributed by atoms with Gasteiger partial charge in [0.1, 0.15) is 5.82 Å². The Morgan fingerprint density at radius 1 is 1.45 bits per heavy atom. The summed E-state index contributed by atoms with van der Waals surface area (Å²) in [5.74, 6) is 1.61. The maximum Gasteiger partial charge on any atom is 0.257 e. The van der Waals surface area contributed by atoms with Crippen molar-refractivity contribution in [3.8, 4) is 0 Å². The van der Waals surface area contributed by atoms with Gasteiger partial charge in [-0.15, -0.1) is 0 Å². The van der Waals surface area contributed by atoms with Crippen molar-refractivity contribution in [1.82, 2.24) is 30.3 Å². The lowest BCUT2D eigenvalue weighted by atomic mass is 10.0. The summed E-state index contributed by atoms with van der Waals surface area (Å²) in [6.45, 7) is 4.87. The zero-order chi connectivity index (χ0) is 15.7. The smallest absolute Gasteiger partial charge is 0.257 e. The molecule has 0 unspecified atom stereocenters. The second-order valence-electron chi connectivity index (χ2n) is 5.68. The highest BCUT2D eigenvalue weighted by Crippen LogP contribution is 2.29. The van der Waals surface area contributed by atoms with Gasteiger partial charge in [-0.2, -0.15) is 10.2 Å². The molecule has 0 aliphatic carbocycles. The summed E-state index contributed by atoms with van der Waals surface area (Å²) in [6.07, 6.45) is 2.34. The van der Waals surface area contributed by atoms with Crippen molar-refractivity contribution in [2.75, 3.05) is 20.2 Å². The molecular weight excluding hydrogens is 284 g/mol. The SMILES string of the molecule is Cc1nc([C@@H]2CCO[C@@H]2CN(C)C(=O)c2cn[nH]c2C)n[nH]1. The lowest BCUT2D eigenvalue weighted by Gasteiger charge is -2.23. The van der Waals surface area contributed by atoms with Crippen LogP contribution in [0.1, 0.15) is 40.0 Å². The number of amides is 1. The average molecular weight is 304 g/mol. The van der Waals surface area contributed by atoms with Gasteiger partial charge in [0.2, 0.25) is 0 Å². The Morgan fingerprint density at radius 3 is 2.91 bits per heavy atom. The molecule has 22 heavy (non-hydrogen) atoms. The summed E-state index contributed by atoms with van der Waals surface area (Å²) < 4.78 is 5.79. The van der Waals surface area contributed by atoms with Gasteiger partial charge in [-0.3, -0.25) is 15.0 Å². The summed E-state index contributed by atoms with van der Waals surface area (Å²) in [7, 11) is 1.77. The van der Waals surface area contributed by atoms with Crippen molar-refractivity contribution in [1.29, 1.82) is 0 Å². The van der Waals surface area contributed by atoms with E-state index < -0.39 is 0 Å². The predicted molar refractivity (Wildman–Crippen MR) is 78.5 cm³/mol. The number of likely N-dealkylation sites (N-methyl/N-ethyl adjacent to an activating group) is 1. The van der Waals surface area contributed by atoms with Gasteiger partial charge in [-0.05, 0) is 20.3 Å². The number of nitrogens with one attached hydrogen (secondary N) is 2. The van der Waals surface area contributed by atoms with Crippen LogP contribution in [0.5, 0.6) is 0 Å². The minimum absolute atomic E-state index is 0.0633. The van der Waals surface area contributed by atoms with Gasteiger partial charge in [0, 0.05) is 25.9 Å². The third kappa shape index (κ3) is 2.74. The van der Waals surface area contributed by atoms with Gasteiger partial charge < -0.3 is 9.64 Å². The fourth-order valence-electron chi connectivity index (χ4n) is 2.77. The number of aryl methyl sites for hydroxylation is 2. The van der Waals surface area contributed by atoms with Crippen LogP contribution in [0.15, 0.2) is 6.20 Å². The highest BCUT2D eigenvalue weighted by molar-refractivity contribution is 5.94. The maximum atomic E-state index is 12.4. The number of carbonyl (C=O) groups is 1. The van der Waals surface area contributed by atoms with E-state index in [1.807, 2.05) is 13.8 Å². The first-order valence-corrected chi connectivity index (χ1v) is 7.32. The lowest BCUT2D eigenvalue weighted by Crippen LogP contribution is -2.36. The topological polar surface area (TPSA) is 99.8 Å². The Labute approximate surface area is 128 Å². The molecule has 1 saturated heterocycles. The van der Waals surface area contributed by atoms with Crippen molar-refractivity contribution < 1.29 is 9.53 Å². The second kappa shape index (κ2) is 5.88. The van der Waals surface area contributed by atoms with Crippen molar-refractivity contribution >= 4 is 5.91 Å². The number of rotatable bonds is 4. The molecule has 0 saturated carbocycles. The van der Waals surface area contributed by atoms with E-state index in [1.54, 1.807) is 18.1 Å². The molecule has 3 heterocycles. The molecule has 2 aromatic rings.